The first kappa shape index (κ1) is 22.7. The molecule has 0 aromatic rings. The number of carbonyl (C=O) groups excluding carboxylic acids is 3. The van der Waals surface area contributed by atoms with E-state index in [-0.39, 0.29) is 42.2 Å². The fourth-order valence-electron chi connectivity index (χ4n) is 7.82. The molecule has 0 aromatic carbocycles. The first-order chi connectivity index (χ1) is 14.4. The summed E-state index contributed by atoms with van der Waals surface area (Å²) in [5.41, 5.74) is -1.65. The molecule has 0 spiro atoms. The molecule has 170 valence electrons. The fraction of sp³-hybridized carbons (Fsp3) is 0.720. The molecule has 31 heavy (non-hydrogen) atoms. The molecule has 3 fully saturated rings. The molecular weight excluding hydrogens is 416 g/mol. The Morgan fingerprint density at radius 3 is 2.58 bits per heavy atom. The number of rotatable bonds is 3. The Hall–Kier alpha value is -1.46. The second kappa shape index (κ2) is 7.02. The number of ether oxygens (including phenoxy) is 1. The van der Waals surface area contributed by atoms with Crippen LogP contribution in [0.2, 0.25) is 0 Å². The van der Waals surface area contributed by atoms with Crippen LogP contribution in [0.25, 0.3) is 0 Å². The van der Waals surface area contributed by atoms with Gasteiger partial charge in [-0.05, 0) is 56.6 Å². The smallest absolute Gasteiger partial charge is 0.306 e. The van der Waals surface area contributed by atoms with E-state index in [4.69, 9.17) is 16.3 Å². The molecule has 3 unspecified atom stereocenters. The van der Waals surface area contributed by atoms with E-state index >= 15 is 0 Å². The van der Waals surface area contributed by atoms with Crippen molar-refractivity contribution in [2.45, 2.75) is 83.3 Å². The minimum Gasteiger partial charge on any atom is -0.450 e. The number of fused-ring (bicyclic) bond motifs is 5. The van der Waals surface area contributed by atoms with Gasteiger partial charge in [0.2, 0.25) is 0 Å². The highest BCUT2D eigenvalue weighted by atomic mass is 35.5. The first-order valence-corrected chi connectivity index (χ1v) is 11.8. The van der Waals surface area contributed by atoms with E-state index in [1.807, 2.05) is 26.8 Å². The van der Waals surface area contributed by atoms with Crippen LogP contribution >= 0.6 is 11.6 Å². The van der Waals surface area contributed by atoms with E-state index in [0.29, 0.717) is 6.42 Å². The molecule has 0 bridgehead atoms. The maximum atomic E-state index is 13.1. The number of hydrogen-bond donors (Lipinski definition) is 1. The minimum atomic E-state index is -1.26. The van der Waals surface area contributed by atoms with Gasteiger partial charge in [-0.3, -0.25) is 14.4 Å². The zero-order valence-electron chi connectivity index (χ0n) is 19.0. The number of halogens is 1. The van der Waals surface area contributed by atoms with Gasteiger partial charge in [0.1, 0.15) is 0 Å². The van der Waals surface area contributed by atoms with Crippen LogP contribution in [0.3, 0.4) is 0 Å². The summed E-state index contributed by atoms with van der Waals surface area (Å²) in [6, 6.07) is 0. The van der Waals surface area contributed by atoms with E-state index in [0.717, 1.165) is 18.4 Å². The van der Waals surface area contributed by atoms with Crippen LogP contribution in [-0.4, -0.2) is 39.2 Å². The molecule has 5 nitrogen and oxygen atoms in total. The maximum absolute atomic E-state index is 13.1. The Labute approximate surface area is 189 Å². The predicted octanol–water partition coefficient (Wildman–Crippen LogP) is 4.15. The molecule has 3 saturated carbocycles. The van der Waals surface area contributed by atoms with Crippen molar-refractivity contribution in [1.29, 1.82) is 0 Å². The van der Waals surface area contributed by atoms with Crippen molar-refractivity contribution in [2.24, 2.45) is 28.6 Å². The van der Waals surface area contributed by atoms with Crippen molar-refractivity contribution in [3.63, 3.8) is 0 Å². The normalized spacial score (nSPS) is 48.4. The predicted molar refractivity (Wildman–Crippen MR) is 117 cm³/mol. The standard InChI is InChI=1S/C25H33ClO5/c1-6-21(30)31-25(15(3)27)14(2)11-19-18-8-7-16-12-17(28)9-10-22(16,4)24(18,26)20(29)13-23(19,25)5/h9-10,12,14,18-20,29H,6-8,11,13H2,1-5H3/t14-,18?,19-,20-,22?,23?,24-,25-/m0/s1. The summed E-state index contributed by atoms with van der Waals surface area (Å²) in [6.45, 7) is 9.22. The van der Waals surface area contributed by atoms with Crippen molar-refractivity contribution >= 4 is 29.1 Å². The van der Waals surface area contributed by atoms with Crippen LogP contribution in [0, 0.1) is 28.6 Å². The van der Waals surface area contributed by atoms with Crippen LogP contribution in [0.1, 0.15) is 66.7 Å². The Morgan fingerprint density at radius 1 is 1.29 bits per heavy atom. The zero-order chi connectivity index (χ0) is 23.0. The number of aliphatic hydroxyl groups excluding tert-OH is 1. The zero-order valence-corrected chi connectivity index (χ0v) is 19.8. The Balaban J connectivity index is 1.84. The van der Waals surface area contributed by atoms with Gasteiger partial charge in [-0.25, -0.2) is 0 Å². The highest BCUT2D eigenvalue weighted by molar-refractivity contribution is 6.26. The summed E-state index contributed by atoms with van der Waals surface area (Å²) in [6.07, 6.45) is 6.78. The van der Waals surface area contributed by atoms with Crippen molar-refractivity contribution in [1.82, 2.24) is 0 Å². The number of aliphatic hydroxyl groups is 1. The molecule has 1 N–H and O–H groups in total. The third-order valence-electron chi connectivity index (χ3n) is 9.27. The van der Waals surface area contributed by atoms with Crippen molar-refractivity contribution in [2.75, 3.05) is 0 Å². The van der Waals surface area contributed by atoms with E-state index in [1.165, 1.54) is 6.92 Å². The lowest BCUT2D eigenvalue weighted by atomic mass is 9.45. The molecular formula is C25H33ClO5. The number of carbonyl (C=O) groups is 3. The van der Waals surface area contributed by atoms with E-state index in [9.17, 15) is 19.5 Å². The van der Waals surface area contributed by atoms with Crippen LogP contribution < -0.4 is 0 Å². The molecule has 0 radical (unpaired) electrons. The largest absolute Gasteiger partial charge is 0.450 e. The lowest BCUT2D eigenvalue weighted by Gasteiger charge is -2.64. The maximum Gasteiger partial charge on any atom is 0.306 e. The van der Waals surface area contributed by atoms with Crippen LogP contribution in [-0.2, 0) is 19.1 Å². The van der Waals surface area contributed by atoms with Gasteiger partial charge >= 0.3 is 5.97 Å². The summed E-state index contributed by atoms with van der Waals surface area (Å²) in [5, 5.41) is 11.6. The fourth-order valence-corrected chi connectivity index (χ4v) is 8.34. The molecule has 4 aliphatic carbocycles. The average Bonchev–Trinajstić information content (AvgIpc) is 2.91. The highest BCUT2D eigenvalue weighted by Gasteiger charge is 2.75. The summed E-state index contributed by atoms with van der Waals surface area (Å²) in [7, 11) is 0. The number of Topliss-reactive ketones (excluding diaryl/α,β-unsaturated/α-hetero) is 1. The van der Waals surface area contributed by atoms with E-state index in [2.05, 4.69) is 0 Å². The van der Waals surface area contributed by atoms with Gasteiger partial charge in [-0.2, -0.15) is 0 Å². The van der Waals surface area contributed by atoms with Gasteiger partial charge in [-0.1, -0.05) is 39.3 Å². The lowest BCUT2D eigenvalue weighted by molar-refractivity contribution is -0.200. The summed E-state index contributed by atoms with van der Waals surface area (Å²) in [4.78, 5) is 36.6. The topological polar surface area (TPSA) is 80.7 Å². The molecule has 0 aliphatic heterocycles. The summed E-state index contributed by atoms with van der Waals surface area (Å²) in [5.74, 6) is -0.830. The van der Waals surface area contributed by atoms with Crippen molar-refractivity contribution in [3.05, 3.63) is 23.8 Å². The molecule has 0 heterocycles. The number of allylic oxidation sites excluding steroid dienone is 4. The van der Waals surface area contributed by atoms with Gasteiger partial charge in [0, 0.05) is 23.2 Å². The Bertz CT molecular complexity index is 908. The molecule has 6 heteroatoms. The second-order valence-corrected chi connectivity index (χ2v) is 11.1. The Kier molecular flexibility index (Phi) is 5.14. The highest BCUT2D eigenvalue weighted by Crippen LogP contribution is 2.72. The monoisotopic (exact) mass is 448 g/mol. The molecule has 0 amide bonds. The van der Waals surface area contributed by atoms with E-state index < -0.39 is 33.4 Å². The second-order valence-electron chi connectivity index (χ2n) is 10.5. The van der Waals surface area contributed by atoms with Gasteiger partial charge < -0.3 is 9.84 Å². The van der Waals surface area contributed by atoms with Crippen molar-refractivity contribution in [3.8, 4) is 0 Å². The summed E-state index contributed by atoms with van der Waals surface area (Å²) >= 11 is 7.43. The quantitative estimate of drug-likeness (QED) is 0.518. The lowest BCUT2D eigenvalue weighted by Crippen LogP contribution is -2.69. The third kappa shape index (κ3) is 2.62. The van der Waals surface area contributed by atoms with Gasteiger partial charge in [0.05, 0.1) is 11.0 Å². The number of esters is 1. The molecule has 0 aromatic heterocycles. The number of alkyl halides is 1. The molecule has 4 rings (SSSR count). The molecule has 0 saturated heterocycles. The molecule has 4 aliphatic rings. The van der Waals surface area contributed by atoms with Gasteiger partial charge in [-0.15, -0.1) is 11.6 Å². The average molecular weight is 449 g/mol. The third-order valence-corrected chi connectivity index (χ3v) is 10.2. The van der Waals surface area contributed by atoms with Crippen LogP contribution in [0.15, 0.2) is 23.8 Å². The Morgan fingerprint density at radius 2 is 1.97 bits per heavy atom. The van der Waals surface area contributed by atoms with Crippen molar-refractivity contribution < 1.29 is 24.2 Å². The summed E-state index contributed by atoms with van der Waals surface area (Å²) < 4.78 is 5.99. The SMILES string of the molecule is CCC(=O)O[C@]1(C(C)=O)[C@@H](C)C[C@H]2C3CCC4=CC(=O)C=CC4(C)[C@@]3(Cl)[C@@H](O)CC21C. The number of ketones is 2. The minimum absolute atomic E-state index is 0.0151. The first-order valence-electron chi connectivity index (χ1n) is 11.4. The molecule has 8 atom stereocenters. The van der Waals surface area contributed by atoms with Gasteiger partial charge in [0.25, 0.3) is 0 Å². The van der Waals surface area contributed by atoms with Crippen LogP contribution in [0.5, 0.6) is 0 Å². The number of hydrogen-bond acceptors (Lipinski definition) is 5. The van der Waals surface area contributed by atoms with E-state index in [1.54, 1.807) is 19.1 Å². The van der Waals surface area contributed by atoms with Crippen LogP contribution in [0.4, 0.5) is 0 Å². The van der Waals surface area contributed by atoms with Gasteiger partial charge in [0.15, 0.2) is 17.2 Å².